The number of rotatable bonds is 7. The van der Waals surface area contributed by atoms with Crippen LogP contribution in [0.5, 0.6) is 5.75 Å². The summed E-state index contributed by atoms with van der Waals surface area (Å²) in [5.74, 6) is -0.732. The van der Waals surface area contributed by atoms with E-state index in [-0.39, 0.29) is 29.6 Å². The van der Waals surface area contributed by atoms with E-state index in [1.165, 1.54) is 35.0 Å². The van der Waals surface area contributed by atoms with Gasteiger partial charge in [0, 0.05) is 32.2 Å². The molecule has 1 fully saturated rings. The van der Waals surface area contributed by atoms with Crippen molar-refractivity contribution < 1.29 is 27.5 Å². The molecule has 0 aliphatic carbocycles. The second-order valence-electron chi connectivity index (χ2n) is 8.05. The van der Waals surface area contributed by atoms with Gasteiger partial charge in [0.15, 0.2) is 0 Å². The van der Waals surface area contributed by atoms with Gasteiger partial charge in [-0.15, -0.1) is 0 Å². The first-order valence-electron chi connectivity index (χ1n) is 11.0. The third kappa shape index (κ3) is 5.99. The van der Waals surface area contributed by atoms with Crippen molar-refractivity contribution in [3.05, 3.63) is 71.7 Å². The molecule has 1 aliphatic heterocycles. The average Bonchev–Trinajstić information content (AvgIpc) is 3.19. The summed E-state index contributed by atoms with van der Waals surface area (Å²) in [6.07, 6.45) is 0. The van der Waals surface area contributed by atoms with Crippen molar-refractivity contribution in [2.75, 3.05) is 38.0 Å². The van der Waals surface area contributed by atoms with Crippen molar-refractivity contribution in [1.29, 1.82) is 0 Å². The van der Waals surface area contributed by atoms with Crippen LogP contribution < -0.4 is 10.1 Å². The monoisotopic (exact) mass is 487 g/mol. The number of nitrogens with one attached hydrogen (secondary N) is 1. The lowest BCUT2D eigenvalue weighted by molar-refractivity contribution is -0.117. The van der Waals surface area contributed by atoms with Gasteiger partial charge in [0.1, 0.15) is 17.4 Å². The average molecular weight is 487 g/mol. The van der Waals surface area contributed by atoms with Crippen LogP contribution in [0, 0.1) is 12.7 Å². The summed E-state index contributed by atoms with van der Waals surface area (Å²) in [5, 5.41) is 7.19. The number of benzene rings is 2. The van der Waals surface area contributed by atoms with Gasteiger partial charge < -0.3 is 15.0 Å². The smallest absolute Gasteiger partial charge is 0.387 e. The molecule has 0 spiro atoms. The first-order chi connectivity index (χ1) is 16.8. The number of anilines is 1. The number of alkyl halides is 2. The molecule has 0 atom stereocenters. The quantitative estimate of drug-likeness (QED) is 0.553. The Balaban J connectivity index is 1.34. The fourth-order valence-corrected chi connectivity index (χ4v) is 3.87. The van der Waals surface area contributed by atoms with Crippen LogP contribution in [0.2, 0.25) is 0 Å². The number of hydrogen-bond acceptors (Lipinski definition) is 5. The van der Waals surface area contributed by atoms with Crippen LogP contribution in [0.15, 0.2) is 54.6 Å². The Morgan fingerprint density at radius 2 is 1.74 bits per heavy atom. The molecule has 1 N–H and O–H groups in total. The molecule has 8 nitrogen and oxygen atoms in total. The van der Waals surface area contributed by atoms with Crippen molar-refractivity contribution in [2.45, 2.75) is 13.5 Å². The van der Waals surface area contributed by atoms with E-state index in [0.29, 0.717) is 43.4 Å². The molecule has 2 amide bonds. The van der Waals surface area contributed by atoms with Crippen molar-refractivity contribution in [3.63, 3.8) is 0 Å². The number of carbonyl (C=O) groups excluding carboxylic acids is 2. The molecule has 1 saturated heterocycles. The minimum atomic E-state index is -3.03. The number of halogens is 3. The molecule has 2 aromatic carbocycles. The van der Waals surface area contributed by atoms with Gasteiger partial charge in [-0.2, -0.15) is 13.9 Å². The van der Waals surface area contributed by atoms with Crippen molar-refractivity contribution >= 4 is 17.6 Å². The standard InChI is InChI=1S/C24H24F3N5O3/c1-16-14-21(32(29-16)18-8-6-17(25)7-9-18)28-22(33)15-30-10-12-31(13-11-30)23(34)19-4-2-3-5-20(19)35-24(26)27/h2-9,14,24H,10-13,15H2,1H3,(H,28,33). The van der Waals surface area contributed by atoms with Gasteiger partial charge in [0.05, 0.1) is 23.5 Å². The summed E-state index contributed by atoms with van der Waals surface area (Å²) in [4.78, 5) is 29.0. The third-order valence-electron chi connectivity index (χ3n) is 5.53. The Hall–Kier alpha value is -3.86. The zero-order valence-electron chi connectivity index (χ0n) is 19.0. The number of aromatic nitrogens is 2. The highest BCUT2D eigenvalue weighted by Crippen LogP contribution is 2.23. The molecule has 0 saturated carbocycles. The summed E-state index contributed by atoms with van der Waals surface area (Å²) in [7, 11) is 0. The summed E-state index contributed by atoms with van der Waals surface area (Å²) in [6, 6.07) is 13.4. The topological polar surface area (TPSA) is 79.7 Å². The molecule has 1 aliphatic rings. The SMILES string of the molecule is Cc1cc(NC(=O)CN2CCN(C(=O)c3ccccc3OC(F)F)CC2)n(-c2ccc(F)cc2)n1. The van der Waals surface area contributed by atoms with E-state index in [1.54, 1.807) is 36.1 Å². The lowest BCUT2D eigenvalue weighted by atomic mass is 10.1. The van der Waals surface area contributed by atoms with Crippen molar-refractivity contribution in [2.24, 2.45) is 0 Å². The van der Waals surface area contributed by atoms with E-state index in [2.05, 4.69) is 15.2 Å². The van der Waals surface area contributed by atoms with Crippen LogP contribution in [0.4, 0.5) is 19.0 Å². The molecule has 11 heteroatoms. The number of piperazine rings is 1. The molecular formula is C24H24F3N5O3. The molecular weight excluding hydrogens is 463 g/mol. The zero-order valence-corrected chi connectivity index (χ0v) is 19.0. The van der Waals surface area contributed by atoms with E-state index in [0.717, 1.165) is 0 Å². The molecule has 2 heterocycles. The minimum absolute atomic E-state index is 0.0726. The van der Waals surface area contributed by atoms with Gasteiger partial charge in [-0.3, -0.25) is 14.5 Å². The van der Waals surface area contributed by atoms with Gasteiger partial charge in [-0.1, -0.05) is 12.1 Å². The molecule has 1 aromatic heterocycles. The zero-order chi connectivity index (χ0) is 24.9. The third-order valence-corrected chi connectivity index (χ3v) is 5.53. The largest absolute Gasteiger partial charge is 0.434 e. The number of ether oxygens (including phenoxy) is 1. The van der Waals surface area contributed by atoms with Crippen LogP contribution in [-0.2, 0) is 4.79 Å². The predicted molar refractivity (Wildman–Crippen MR) is 122 cm³/mol. The van der Waals surface area contributed by atoms with Gasteiger partial charge >= 0.3 is 6.61 Å². The molecule has 35 heavy (non-hydrogen) atoms. The maximum Gasteiger partial charge on any atom is 0.387 e. The van der Waals surface area contributed by atoms with E-state index in [9.17, 15) is 22.8 Å². The van der Waals surface area contributed by atoms with Gasteiger partial charge in [-0.25, -0.2) is 9.07 Å². The molecule has 0 radical (unpaired) electrons. The van der Waals surface area contributed by atoms with Gasteiger partial charge in [-0.05, 0) is 43.3 Å². The fourth-order valence-electron chi connectivity index (χ4n) is 3.87. The lowest BCUT2D eigenvalue weighted by Gasteiger charge is -2.34. The molecule has 0 unspecified atom stereocenters. The van der Waals surface area contributed by atoms with Crippen molar-refractivity contribution in [1.82, 2.24) is 19.6 Å². The van der Waals surface area contributed by atoms with Gasteiger partial charge in [0.2, 0.25) is 5.91 Å². The molecule has 3 aromatic rings. The van der Waals surface area contributed by atoms with E-state index in [1.807, 2.05) is 4.90 Å². The maximum atomic E-state index is 13.3. The molecule has 184 valence electrons. The van der Waals surface area contributed by atoms with E-state index < -0.39 is 12.5 Å². The minimum Gasteiger partial charge on any atom is -0.434 e. The second-order valence-corrected chi connectivity index (χ2v) is 8.05. The van der Waals surface area contributed by atoms with E-state index in [4.69, 9.17) is 0 Å². The first-order valence-corrected chi connectivity index (χ1v) is 11.0. The Bertz CT molecular complexity index is 1190. The number of nitrogens with zero attached hydrogens (tertiary/aromatic N) is 4. The molecule has 4 rings (SSSR count). The normalized spacial score (nSPS) is 14.3. The highest BCUT2D eigenvalue weighted by Gasteiger charge is 2.26. The maximum absolute atomic E-state index is 13.3. The summed E-state index contributed by atoms with van der Waals surface area (Å²) >= 11 is 0. The number of aryl methyl sites for hydroxylation is 1. The Morgan fingerprint density at radius 3 is 2.43 bits per heavy atom. The van der Waals surface area contributed by atoms with Gasteiger partial charge in [0.25, 0.3) is 5.91 Å². The summed E-state index contributed by atoms with van der Waals surface area (Å²) in [6.45, 7) is 0.406. The Labute approximate surface area is 199 Å². The first kappa shape index (κ1) is 24.3. The van der Waals surface area contributed by atoms with E-state index >= 15 is 0 Å². The fraction of sp³-hybridized carbons (Fsp3) is 0.292. The number of amides is 2. The second kappa shape index (κ2) is 10.6. The predicted octanol–water partition coefficient (Wildman–Crippen LogP) is 3.32. The lowest BCUT2D eigenvalue weighted by Crippen LogP contribution is -2.50. The number of para-hydroxylation sites is 1. The van der Waals surface area contributed by atoms with Crippen LogP contribution in [-0.4, -0.2) is 70.7 Å². The molecule has 0 bridgehead atoms. The van der Waals surface area contributed by atoms with Crippen LogP contribution in [0.3, 0.4) is 0 Å². The Kier molecular flexibility index (Phi) is 7.35. The number of carbonyl (C=O) groups is 2. The van der Waals surface area contributed by atoms with Crippen LogP contribution in [0.1, 0.15) is 16.1 Å². The summed E-state index contributed by atoms with van der Waals surface area (Å²) in [5.41, 5.74) is 1.37. The highest BCUT2D eigenvalue weighted by molar-refractivity contribution is 5.97. The number of hydrogen-bond donors (Lipinski definition) is 1. The van der Waals surface area contributed by atoms with Crippen LogP contribution >= 0.6 is 0 Å². The van der Waals surface area contributed by atoms with Crippen LogP contribution in [0.25, 0.3) is 5.69 Å². The van der Waals surface area contributed by atoms with Crippen molar-refractivity contribution in [3.8, 4) is 11.4 Å². The summed E-state index contributed by atoms with van der Waals surface area (Å²) < 4.78 is 44.6. The highest BCUT2D eigenvalue weighted by atomic mass is 19.3. The Morgan fingerprint density at radius 1 is 1.06 bits per heavy atom.